The standard InChI is InChI=1S/C8H15O3P/c1-4-7(5-2)8(6-3)12(9,10)11/h4H,1,5-6H2,2-3H3,(H2,9,10,11)/b8-7-. The molecule has 2 N–H and O–H groups in total. The van der Waals surface area contributed by atoms with Crippen molar-refractivity contribution in [2.75, 3.05) is 0 Å². The van der Waals surface area contributed by atoms with E-state index in [1.54, 1.807) is 6.92 Å². The predicted molar refractivity (Wildman–Crippen MR) is 49.8 cm³/mol. The number of hydrogen-bond donors (Lipinski definition) is 2. The van der Waals surface area contributed by atoms with Crippen molar-refractivity contribution in [3.63, 3.8) is 0 Å². The van der Waals surface area contributed by atoms with E-state index in [1.165, 1.54) is 6.08 Å². The predicted octanol–water partition coefficient (Wildman–Crippen LogP) is 2.42. The highest BCUT2D eigenvalue weighted by Gasteiger charge is 2.21. The maximum absolute atomic E-state index is 10.9. The van der Waals surface area contributed by atoms with Crippen LogP contribution >= 0.6 is 7.60 Å². The minimum absolute atomic E-state index is 0.208. The number of allylic oxidation sites excluding steroid dienone is 3. The first-order valence-corrected chi connectivity index (χ1v) is 5.49. The van der Waals surface area contributed by atoms with Gasteiger partial charge in [0.1, 0.15) is 0 Å². The molecule has 0 fully saturated rings. The molecule has 0 aliphatic rings. The van der Waals surface area contributed by atoms with Gasteiger partial charge in [0, 0.05) is 5.31 Å². The van der Waals surface area contributed by atoms with Gasteiger partial charge in [0.2, 0.25) is 0 Å². The van der Waals surface area contributed by atoms with Crippen LogP contribution in [0.5, 0.6) is 0 Å². The molecule has 0 aromatic heterocycles. The molecule has 0 spiro atoms. The smallest absolute Gasteiger partial charge is 0.321 e. The summed E-state index contributed by atoms with van der Waals surface area (Å²) in [6.07, 6.45) is 2.50. The highest BCUT2D eigenvalue weighted by molar-refractivity contribution is 7.56. The van der Waals surface area contributed by atoms with Crippen molar-refractivity contribution < 1.29 is 14.4 Å². The molecule has 3 nitrogen and oxygen atoms in total. The van der Waals surface area contributed by atoms with Crippen LogP contribution in [0.4, 0.5) is 0 Å². The Hall–Kier alpha value is -0.370. The van der Waals surface area contributed by atoms with E-state index in [1.807, 2.05) is 6.92 Å². The average Bonchev–Trinajstić information content (AvgIpc) is 1.97. The SMILES string of the molecule is C=C/C(CC)=C(\CC)P(=O)(O)O. The number of rotatable bonds is 4. The average molecular weight is 190 g/mol. The van der Waals surface area contributed by atoms with Crippen LogP contribution in [0, 0.1) is 0 Å². The topological polar surface area (TPSA) is 57.5 Å². The molecule has 0 aliphatic carbocycles. The van der Waals surface area contributed by atoms with Gasteiger partial charge in [-0.2, -0.15) is 0 Å². The van der Waals surface area contributed by atoms with Crippen LogP contribution in [0.1, 0.15) is 26.7 Å². The molecule has 0 aliphatic heterocycles. The molecule has 0 amide bonds. The maximum atomic E-state index is 10.9. The Kier molecular flexibility index (Phi) is 4.46. The molecule has 0 heterocycles. The fraction of sp³-hybridized carbons (Fsp3) is 0.500. The summed E-state index contributed by atoms with van der Waals surface area (Å²) < 4.78 is 10.9. The lowest BCUT2D eigenvalue weighted by Gasteiger charge is -2.10. The van der Waals surface area contributed by atoms with Crippen LogP contribution in [-0.2, 0) is 4.57 Å². The molecule has 0 saturated carbocycles. The Morgan fingerprint density at radius 2 is 1.92 bits per heavy atom. The Morgan fingerprint density at radius 1 is 1.42 bits per heavy atom. The van der Waals surface area contributed by atoms with Gasteiger partial charge in [-0.15, -0.1) is 0 Å². The van der Waals surface area contributed by atoms with Crippen LogP contribution < -0.4 is 0 Å². The first-order valence-electron chi connectivity index (χ1n) is 3.87. The summed E-state index contributed by atoms with van der Waals surface area (Å²) in [5, 5.41) is 0.208. The van der Waals surface area contributed by atoms with E-state index >= 15 is 0 Å². The van der Waals surface area contributed by atoms with Crippen LogP contribution in [-0.4, -0.2) is 9.79 Å². The van der Waals surface area contributed by atoms with Gasteiger partial charge in [0.15, 0.2) is 0 Å². The first kappa shape index (κ1) is 11.6. The van der Waals surface area contributed by atoms with E-state index in [4.69, 9.17) is 9.79 Å². The van der Waals surface area contributed by atoms with Crippen LogP contribution in [0.25, 0.3) is 0 Å². The van der Waals surface area contributed by atoms with Gasteiger partial charge < -0.3 is 9.79 Å². The largest absolute Gasteiger partial charge is 0.352 e. The van der Waals surface area contributed by atoms with E-state index in [2.05, 4.69) is 6.58 Å². The molecule has 0 unspecified atom stereocenters. The van der Waals surface area contributed by atoms with Gasteiger partial charge in [-0.3, -0.25) is 4.57 Å². The summed E-state index contributed by atoms with van der Waals surface area (Å²) in [5.41, 5.74) is 0.658. The Bertz CT molecular complexity index is 237. The third kappa shape index (κ3) is 2.94. The van der Waals surface area contributed by atoms with Crippen molar-refractivity contribution in [2.45, 2.75) is 26.7 Å². The fourth-order valence-electron chi connectivity index (χ4n) is 1.09. The second kappa shape index (κ2) is 4.61. The third-order valence-corrected chi connectivity index (χ3v) is 2.99. The van der Waals surface area contributed by atoms with E-state index < -0.39 is 7.60 Å². The van der Waals surface area contributed by atoms with Crippen molar-refractivity contribution in [2.24, 2.45) is 0 Å². The summed E-state index contributed by atoms with van der Waals surface area (Å²) in [6, 6.07) is 0. The molecular weight excluding hydrogens is 175 g/mol. The Morgan fingerprint density at radius 3 is 2.00 bits per heavy atom. The van der Waals surface area contributed by atoms with E-state index in [9.17, 15) is 4.57 Å². The molecule has 12 heavy (non-hydrogen) atoms. The van der Waals surface area contributed by atoms with Crippen LogP contribution in [0.15, 0.2) is 23.5 Å². The Balaban J connectivity index is 5.10. The molecule has 0 aromatic carbocycles. The van der Waals surface area contributed by atoms with Gasteiger partial charge in [-0.05, 0) is 18.4 Å². The molecule has 0 atom stereocenters. The zero-order valence-corrected chi connectivity index (χ0v) is 8.34. The van der Waals surface area contributed by atoms with Crippen LogP contribution in [0.3, 0.4) is 0 Å². The summed E-state index contributed by atoms with van der Waals surface area (Å²) in [4.78, 5) is 17.8. The second-order valence-electron chi connectivity index (χ2n) is 2.43. The van der Waals surface area contributed by atoms with E-state index in [0.717, 1.165) is 0 Å². The zero-order chi connectivity index (χ0) is 9.78. The lowest BCUT2D eigenvalue weighted by Crippen LogP contribution is -1.89. The summed E-state index contributed by atoms with van der Waals surface area (Å²) in [6.45, 7) is 7.09. The number of hydrogen-bond acceptors (Lipinski definition) is 1. The summed E-state index contributed by atoms with van der Waals surface area (Å²) >= 11 is 0. The quantitative estimate of drug-likeness (QED) is 0.528. The van der Waals surface area contributed by atoms with Crippen molar-refractivity contribution in [3.05, 3.63) is 23.5 Å². The molecule has 4 heteroatoms. The molecule has 0 saturated heterocycles. The third-order valence-electron chi connectivity index (χ3n) is 1.68. The van der Waals surface area contributed by atoms with Crippen LogP contribution in [0.2, 0.25) is 0 Å². The molecule has 0 rings (SSSR count). The van der Waals surface area contributed by atoms with Gasteiger partial charge >= 0.3 is 7.60 Å². The van der Waals surface area contributed by atoms with Crippen molar-refractivity contribution >= 4 is 7.60 Å². The fourth-order valence-corrected chi connectivity index (χ4v) is 2.12. The van der Waals surface area contributed by atoms with Crippen molar-refractivity contribution in [1.29, 1.82) is 0 Å². The van der Waals surface area contributed by atoms with Gasteiger partial charge in [0.05, 0.1) is 0 Å². The normalized spacial score (nSPS) is 14.0. The van der Waals surface area contributed by atoms with Gasteiger partial charge in [0.25, 0.3) is 0 Å². The zero-order valence-electron chi connectivity index (χ0n) is 7.45. The second-order valence-corrected chi connectivity index (χ2v) is 4.06. The summed E-state index contributed by atoms with van der Waals surface area (Å²) in [5.74, 6) is 0. The molecule has 0 aromatic rings. The molecule has 70 valence electrons. The lowest BCUT2D eigenvalue weighted by molar-refractivity contribution is 0.380. The van der Waals surface area contributed by atoms with Gasteiger partial charge in [-0.1, -0.05) is 26.5 Å². The highest BCUT2D eigenvalue weighted by atomic mass is 31.2. The first-order chi connectivity index (χ1) is 5.47. The Labute approximate surface area is 73.0 Å². The molecular formula is C8H15O3P. The van der Waals surface area contributed by atoms with Crippen molar-refractivity contribution in [1.82, 2.24) is 0 Å². The molecule has 0 radical (unpaired) electrons. The van der Waals surface area contributed by atoms with E-state index in [0.29, 0.717) is 18.4 Å². The van der Waals surface area contributed by atoms with Gasteiger partial charge in [-0.25, -0.2) is 0 Å². The van der Waals surface area contributed by atoms with Crippen molar-refractivity contribution in [3.8, 4) is 0 Å². The minimum atomic E-state index is -4.06. The molecule has 0 bridgehead atoms. The lowest BCUT2D eigenvalue weighted by atomic mass is 10.2. The summed E-state index contributed by atoms with van der Waals surface area (Å²) in [7, 11) is -4.06. The monoisotopic (exact) mass is 190 g/mol. The highest BCUT2D eigenvalue weighted by Crippen LogP contribution is 2.48. The maximum Gasteiger partial charge on any atom is 0.352 e. The minimum Gasteiger partial charge on any atom is -0.321 e. The van der Waals surface area contributed by atoms with E-state index in [-0.39, 0.29) is 5.31 Å².